The third-order valence-electron chi connectivity index (χ3n) is 9.71. The van der Waals surface area contributed by atoms with Gasteiger partial charge in [0, 0.05) is 26.3 Å². The quantitative estimate of drug-likeness (QED) is 0.0513. The molecule has 0 unspecified atom stereocenters. The predicted molar refractivity (Wildman–Crippen MR) is 200 cm³/mol. The molecule has 0 aliphatic carbocycles. The molecule has 1 aliphatic rings. The fourth-order valence-corrected chi connectivity index (χ4v) is 6.57. The summed E-state index contributed by atoms with van der Waals surface area (Å²) < 4.78 is 12.7. The maximum absolute atomic E-state index is 6.37. The van der Waals surface area contributed by atoms with Gasteiger partial charge in [0.25, 0.3) is 0 Å². The second-order valence-electron chi connectivity index (χ2n) is 14.0. The first-order chi connectivity index (χ1) is 22.3. The molecule has 0 spiro atoms. The molecule has 0 bridgehead atoms. The SMILES string of the molecule is CCCCCCCC/C=C\CCCCCCCCO[C@@H]1CN(CC)C[C@H]1OCCCCCCCC/C=C\CCCCCCCC. The standard InChI is InChI=1S/C42H81NO2/c1-4-7-9-11-13-15-17-19-21-23-25-27-29-31-33-35-37-44-41-39-43(6-3)40-42(41)45-38-36-34-32-30-28-26-24-22-20-18-16-14-12-10-8-5-2/h19-22,41-42H,4-18,23-40H2,1-3H3/b21-19-,22-20-/t41-,42-/m1/s1. The van der Waals surface area contributed by atoms with Crippen molar-refractivity contribution in [1.29, 1.82) is 0 Å². The maximum Gasteiger partial charge on any atom is 0.0975 e. The minimum atomic E-state index is 0.266. The number of likely N-dealkylation sites (N-methyl/N-ethyl adjacent to an activating group) is 1. The van der Waals surface area contributed by atoms with Crippen LogP contribution in [-0.2, 0) is 9.47 Å². The molecule has 1 aliphatic heterocycles. The summed E-state index contributed by atoms with van der Waals surface area (Å²) in [5, 5.41) is 0. The summed E-state index contributed by atoms with van der Waals surface area (Å²) in [4.78, 5) is 2.50. The zero-order chi connectivity index (χ0) is 32.3. The molecule has 0 saturated carbocycles. The van der Waals surface area contributed by atoms with Gasteiger partial charge in [0.1, 0.15) is 0 Å². The van der Waals surface area contributed by atoms with Crippen molar-refractivity contribution in [3.8, 4) is 0 Å². The minimum absolute atomic E-state index is 0.266. The predicted octanol–water partition coefficient (Wildman–Crippen LogP) is 13.2. The topological polar surface area (TPSA) is 21.7 Å². The highest BCUT2D eigenvalue weighted by Gasteiger charge is 2.33. The van der Waals surface area contributed by atoms with Gasteiger partial charge in [-0.2, -0.15) is 0 Å². The Bertz CT molecular complexity index is 580. The highest BCUT2D eigenvalue weighted by atomic mass is 16.5. The van der Waals surface area contributed by atoms with Crippen LogP contribution in [0.2, 0.25) is 0 Å². The van der Waals surface area contributed by atoms with Crippen molar-refractivity contribution in [3.05, 3.63) is 24.3 Å². The molecule has 0 aromatic heterocycles. The van der Waals surface area contributed by atoms with E-state index in [0.717, 1.165) is 32.8 Å². The lowest BCUT2D eigenvalue weighted by molar-refractivity contribution is -0.0481. The van der Waals surface area contributed by atoms with Crippen molar-refractivity contribution < 1.29 is 9.47 Å². The molecule has 0 amide bonds. The van der Waals surface area contributed by atoms with Gasteiger partial charge in [-0.1, -0.05) is 161 Å². The molecule has 1 saturated heterocycles. The lowest BCUT2D eigenvalue weighted by Crippen LogP contribution is -2.30. The zero-order valence-corrected chi connectivity index (χ0v) is 31.1. The third kappa shape index (κ3) is 28.1. The fourth-order valence-electron chi connectivity index (χ4n) is 6.57. The minimum Gasteiger partial charge on any atom is -0.374 e. The molecule has 1 heterocycles. The molecular formula is C42H81NO2. The summed E-state index contributed by atoms with van der Waals surface area (Å²) in [5.41, 5.74) is 0. The Kier molecular flexibility index (Phi) is 32.7. The van der Waals surface area contributed by atoms with Crippen molar-refractivity contribution in [2.45, 2.75) is 213 Å². The van der Waals surface area contributed by atoms with E-state index < -0.39 is 0 Å². The van der Waals surface area contributed by atoms with E-state index in [4.69, 9.17) is 9.47 Å². The molecule has 2 atom stereocenters. The van der Waals surface area contributed by atoms with Crippen LogP contribution in [0.5, 0.6) is 0 Å². The number of ether oxygens (including phenoxy) is 2. The molecule has 0 radical (unpaired) electrons. The van der Waals surface area contributed by atoms with Gasteiger partial charge in [0.2, 0.25) is 0 Å². The number of hydrogen-bond acceptors (Lipinski definition) is 3. The first kappa shape index (κ1) is 42.4. The molecule has 0 N–H and O–H groups in total. The average Bonchev–Trinajstić information content (AvgIpc) is 3.45. The first-order valence-corrected chi connectivity index (χ1v) is 20.6. The van der Waals surface area contributed by atoms with Crippen LogP contribution >= 0.6 is 0 Å². The second kappa shape index (κ2) is 34.7. The number of rotatable bonds is 35. The summed E-state index contributed by atoms with van der Waals surface area (Å²) in [7, 11) is 0. The lowest BCUT2D eigenvalue weighted by Gasteiger charge is -2.20. The third-order valence-corrected chi connectivity index (χ3v) is 9.71. The van der Waals surface area contributed by atoms with Gasteiger partial charge in [-0.05, 0) is 70.8 Å². The van der Waals surface area contributed by atoms with E-state index in [-0.39, 0.29) is 12.2 Å². The molecule has 3 heteroatoms. The Labute approximate surface area is 283 Å². The van der Waals surface area contributed by atoms with Crippen molar-refractivity contribution in [1.82, 2.24) is 4.90 Å². The number of hydrogen-bond donors (Lipinski definition) is 0. The van der Waals surface area contributed by atoms with Crippen molar-refractivity contribution in [2.75, 3.05) is 32.8 Å². The molecule has 45 heavy (non-hydrogen) atoms. The van der Waals surface area contributed by atoms with Crippen LogP contribution in [0, 0.1) is 0 Å². The first-order valence-electron chi connectivity index (χ1n) is 20.6. The van der Waals surface area contributed by atoms with Gasteiger partial charge in [0.05, 0.1) is 12.2 Å². The fraction of sp³-hybridized carbons (Fsp3) is 0.905. The van der Waals surface area contributed by atoms with Gasteiger partial charge in [0.15, 0.2) is 0 Å². The van der Waals surface area contributed by atoms with Gasteiger partial charge in [-0.3, -0.25) is 4.90 Å². The Hall–Kier alpha value is -0.640. The molecule has 1 rings (SSSR count). The summed E-state index contributed by atoms with van der Waals surface area (Å²) in [6.07, 6.45) is 48.1. The van der Waals surface area contributed by atoms with E-state index in [1.165, 1.54) is 180 Å². The molecular weight excluding hydrogens is 550 g/mol. The van der Waals surface area contributed by atoms with Gasteiger partial charge in [-0.25, -0.2) is 0 Å². The molecule has 0 aromatic carbocycles. The molecule has 266 valence electrons. The molecule has 3 nitrogen and oxygen atoms in total. The van der Waals surface area contributed by atoms with Crippen LogP contribution in [0.4, 0.5) is 0 Å². The Balaban J connectivity index is 1.92. The Morgan fingerprint density at radius 3 is 1.00 bits per heavy atom. The Morgan fingerprint density at radius 1 is 0.400 bits per heavy atom. The molecule has 1 fully saturated rings. The van der Waals surface area contributed by atoms with Crippen LogP contribution in [0.1, 0.15) is 201 Å². The van der Waals surface area contributed by atoms with Crippen molar-refractivity contribution >= 4 is 0 Å². The van der Waals surface area contributed by atoms with Gasteiger partial charge < -0.3 is 9.47 Å². The van der Waals surface area contributed by atoms with Crippen LogP contribution in [0.15, 0.2) is 24.3 Å². The zero-order valence-electron chi connectivity index (χ0n) is 31.1. The van der Waals surface area contributed by atoms with E-state index >= 15 is 0 Å². The lowest BCUT2D eigenvalue weighted by atomic mass is 10.1. The largest absolute Gasteiger partial charge is 0.374 e. The van der Waals surface area contributed by atoms with Crippen LogP contribution in [0.3, 0.4) is 0 Å². The van der Waals surface area contributed by atoms with E-state index in [1.54, 1.807) is 0 Å². The van der Waals surface area contributed by atoms with Gasteiger partial charge >= 0.3 is 0 Å². The summed E-state index contributed by atoms with van der Waals surface area (Å²) in [6.45, 7) is 11.8. The van der Waals surface area contributed by atoms with Crippen LogP contribution in [0.25, 0.3) is 0 Å². The van der Waals surface area contributed by atoms with Crippen LogP contribution < -0.4 is 0 Å². The monoisotopic (exact) mass is 632 g/mol. The highest BCUT2D eigenvalue weighted by molar-refractivity contribution is 4.86. The number of allylic oxidation sites excluding steroid dienone is 4. The average molecular weight is 632 g/mol. The number of nitrogens with zero attached hydrogens (tertiary/aromatic N) is 1. The second-order valence-corrected chi connectivity index (χ2v) is 14.0. The summed E-state index contributed by atoms with van der Waals surface area (Å²) >= 11 is 0. The van der Waals surface area contributed by atoms with E-state index in [2.05, 4.69) is 50.0 Å². The smallest absolute Gasteiger partial charge is 0.0975 e. The summed E-state index contributed by atoms with van der Waals surface area (Å²) in [6, 6.07) is 0. The van der Waals surface area contributed by atoms with Crippen molar-refractivity contribution in [3.63, 3.8) is 0 Å². The molecule has 0 aromatic rings. The van der Waals surface area contributed by atoms with E-state index in [9.17, 15) is 0 Å². The van der Waals surface area contributed by atoms with E-state index in [0.29, 0.717) is 0 Å². The van der Waals surface area contributed by atoms with E-state index in [1.807, 2.05) is 0 Å². The number of unbranched alkanes of at least 4 members (excludes halogenated alkanes) is 24. The Morgan fingerprint density at radius 2 is 0.689 bits per heavy atom. The van der Waals surface area contributed by atoms with Gasteiger partial charge in [-0.15, -0.1) is 0 Å². The number of likely N-dealkylation sites (tertiary alicyclic amines) is 1. The van der Waals surface area contributed by atoms with Crippen molar-refractivity contribution in [2.24, 2.45) is 0 Å². The normalized spacial score (nSPS) is 17.5. The maximum atomic E-state index is 6.37. The highest BCUT2D eigenvalue weighted by Crippen LogP contribution is 2.19. The van der Waals surface area contributed by atoms with Crippen LogP contribution in [-0.4, -0.2) is 50.0 Å². The summed E-state index contributed by atoms with van der Waals surface area (Å²) in [5.74, 6) is 0.